The Bertz CT molecular complexity index is 1070. The summed E-state index contributed by atoms with van der Waals surface area (Å²) in [4.78, 5) is 12.1. The monoisotopic (exact) mass is 489 g/mol. The highest BCUT2D eigenvalue weighted by atomic mass is 79.9. The van der Waals surface area contributed by atoms with Crippen LogP contribution in [0, 0.1) is 0 Å². The van der Waals surface area contributed by atoms with E-state index in [0.29, 0.717) is 16.7 Å². The summed E-state index contributed by atoms with van der Waals surface area (Å²) in [6.07, 6.45) is 1.54. The maximum Gasteiger partial charge on any atom is 0.250 e. The van der Waals surface area contributed by atoms with Crippen LogP contribution in [0.4, 0.5) is 0 Å². The topological polar surface area (TPSA) is 90.6 Å². The zero-order chi connectivity index (χ0) is 21.5. The van der Waals surface area contributed by atoms with Gasteiger partial charge in [-0.15, -0.1) is 10.2 Å². The van der Waals surface area contributed by atoms with Crippen molar-refractivity contribution in [2.75, 3.05) is 20.0 Å². The second-order valence-corrected chi connectivity index (χ2v) is 7.93. The van der Waals surface area contributed by atoms with Crippen molar-refractivity contribution in [3.63, 3.8) is 0 Å². The molecular formula is C20H20BrN5O3S. The lowest BCUT2D eigenvalue weighted by molar-refractivity contribution is -0.118. The Balaban J connectivity index is 1.56. The summed E-state index contributed by atoms with van der Waals surface area (Å²) in [6.45, 7) is 0. The van der Waals surface area contributed by atoms with Gasteiger partial charge in [0.2, 0.25) is 0 Å². The molecule has 0 saturated heterocycles. The highest BCUT2D eigenvalue weighted by molar-refractivity contribution is 9.10. The van der Waals surface area contributed by atoms with Gasteiger partial charge in [0.25, 0.3) is 5.91 Å². The molecule has 0 saturated carbocycles. The van der Waals surface area contributed by atoms with E-state index in [1.54, 1.807) is 26.4 Å². The molecule has 0 spiro atoms. The second kappa shape index (κ2) is 10.3. The molecule has 0 aliphatic rings. The number of nitrogens with one attached hydrogen (secondary N) is 1. The van der Waals surface area contributed by atoms with Crippen LogP contribution in [0.25, 0.3) is 11.4 Å². The fraction of sp³-hybridized carbons (Fsp3) is 0.200. The summed E-state index contributed by atoms with van der Waals surface area (Å²) in [5.74, 6) is 1.86. The van der Waals surface area contributed by atoms with E-state index in [-0.39, 0.29) is 11.7 Å². The Kier molecular flexibility index (Phi) is 7.47. The van der Waals surface area contributed by atoms with Crippen LogP contribution >= 0.6 is 27.7 Å². The molecule has 1 heterocycles. The molecule has 30 heavy (non-hydrogen) atoms. The first-order valence-corrected chi connectivity index (χ1v) is 10.6. The van der Waals surface area contributed by atoms with E-state index in [1.807, 2.05) is 41.9 Å². The van der Waals surface area contributed by atoms with Crippen molar-refractivity contribution in [2.45, 2.75) is 5.16 Å². The number of halogens is 1. The molecule has 10 heteroatoms. The number of carbonyl (C=O) groups excluding carboxylic acids is 1. The Labute approximate surface area is 186 Å². The number of thioether (sulfide) groups is 1. The molecule has 156 valence electrons. The quantitative estimate of drug-likeness (QED) is 0.295. The number of carbonyl (C=O) groups is 1. The van der Waals surface area contributed by atoms with E-state index in [9.17, 15) is 4.79 Å². The minimum absolute atomic E-state index is 0.160. The van der Waals surface area contributed by atoms with E-state index < -0.39 is 0 Å². The first-order valence-electron chi connectivity index (χ1n) is 8.84. The predicted molar refractivity (Wildman–Crippen MR) is 120 cm³/mol. The second-order valence-electron chi connectivity index (χ2n) is 6.07. The molecule has 8 nitrogen and oxygen atoms in total. The van der Waals surface area contributed by atoms with Crippen molar-refractivity contribution in [3.8, 4) is 22.9 Å². The van der Waals surface area contributed by atoms with Crippen LogP contribution in [0.5, 0.6) is 11.5 Å². The Hall–Kier alpha value is -2.85. The Morgan fingerprint density at radius 2 is 2.00 bits per heavy atom. The number of hydrogen-bond donors (Lipinski definition) is 1. The number of aromatic nitrogens is 3. The molecule has 3 aromatic rings. The highest BCUT2D eigenvalue weighted by Gasteiger charge is 2.13. The van der Waals surface area contributed by atoms with Gasteiger partial charge in [-0.1, -0.05) is 39.8 Å². The number of rotatable bonds is 8. The molecule has 3 rings (SSSR count). The number of hydrazone groups is 1. The number of nitrogens with zero attached hydrogens (tertiary/aromatic N) is 4. The minimum Gasteiger partial charge on any atom is -0.493 e. The lowest BCUT2D eigenvalue weighted by Gasteiger charge is -2.07. The van der Waals surface area contributed by atoms with Crippen molar-refractivity contribution in [3.05, 3.63) is 52.5 Å². The number of ether oxygens (including phenoxy) is 2. The van der Waals surface area contributed by atoms with Crippen LogP contribution in [0.2, 0.25) is 0 Å². The zero-order valence-electron chi connectivity index (χ0n) is 16.6. The van der Waals surface area contributed by atoms with Gasteiger partial charge in [0.15, 0.2) is 22.5 Å². The number of amides is 1. The number of methoxy groups -OCH3 is 2. The van der Waals surface area contributed by atoms with Crippen LogP contribution in [-0.4, -0.2) is 46.9 Å². The van der Waals surface area contributed by atoms with Crippen LogP contribution in [0.1, 0.15) is 5.56 Å². The molecule has 0 unspecified atom stereocenters. The highest BCUT2D eigenvalue weighted by Crippen LogP contribution is 2.27. The fourth-order valence-corrected chi connectivity index (χ4v) is 3.70. The van der Waals surface area contributed by atoms with Crippen molar-refractivity contribution in [1.82, 2.24) is 20.2 Å². The molecule has 2 aromatic carbocycles. The lowest BCUT2D eigenvalue weighted by atomic mass is 10.2. The van der Waals surface area contributed by atoms with Gasteiger partial charge in [-0.05, 0) is 35.9 Å². The van der Waals surface area contributed by atoms with Crippen LogP contribution in [-0.2, 0) is 11.8 Å². The minimum atomic E-state index is -0.247. The molecular weight excluding hydrogens is 470 g/mol. The van der Waals surface area contributed by atoms with E-state index in [1.165, 1.54) is 18.0 Å². The molecule has 1 N–H and O–H groups in total. The normalized spacial score (nSPS) is 10.9. The van der Waals surface area contributed by atoms with Crippen molar-refractivity contribution >= 4 is 39.8 Å². The van der Waals surface area contributed by atoms with E-state index in [4.69, 9.17) is 9.47 Å². The summed E-state index contributed by atoms with van der Waals surface area (Å²) in [7, 11) is 5.00. The zero-order valence-corrected chi connectivity index (χ0v) is 19.0. The van der Waals surface area contributed by atoms with Crippen molar-refractivity contribution < 1.29 is 14.3 Å². The van der Waals surface area contributed by atoms with Gasteiger partial charge in [-0.25, -0.2) is 5.43 Å². The van der Waals surface area contributed by atoms with E-state index >= 15 is 0 Å². The molecule has 1 amide bonds. The third-order valence-electron chi connectivity index (χ3n) is 4.06. The molecule has 0 aliphatic carbocycles. The van der Waals surface area contributed by atoms with Crippen LogP contribution in [0.15, 0.2) is 57.2 Å². The van der Waals surface area contributed by atoms with Crippen LogP contribution < -0.4 is 14.9 Å². The first-order chi connectivity index (χ1) is 14.5. The average Bonchev–Trinajstić information content (AvgIpc) is 3.12. The number of benzene rings is 2. The van der Waals surface area contributed by atoms with Gasteiger partial charge < -0.3 is 14.0 Å². The van der Waals surface area contributed by atoms with Crippen molar-refractivity contribution in [1.29, 1.82) is 0 Å². The molecule has 0 aliphatic heterocycles. The molecule has 0 atom stereocenters. The third-order valence-corrected chi connectivity index (χ3v) is 5.57. The van der Waals surface area contributed by atoms with Gasteiger partial charge in [-0.3, -0.25) is 4.79 Å². The SMILES string of the molecule is COc1ccc(C=NNC(=O)CSc2nnc(-c3cccc(Br)c3)n2C)cc1OC. The molecule has 0 radical (unpaired) electrons. The lowest BCUT2D eigenvalue weighted by Crippen LogP contribution is -2.19. The predicted octanol–water partition coefficient (Wildman–Crippen LogP) is 3.50. The van der Waals surface area contributed by atoms with Gasteiger partial charge in [0.05, 0.1) is 26.2 Å². The van der Waals surface area contributed by atoms with Crippen LogP contribution in [0.3, 0.4) is 0 Å². The van der Waals surface area contributed by atoms with Gasteiger partial charge in [0.1, 0.15) is 0 Å². The molecule has 1 aromatic heterocycles. The third kappa shape index (κ3) is 5.39. The summed E-state index contributed by atoms with van der Waals surface area (Å²) in [5.41, 5.74) is 4.22. The summed E-state index contributed by atoms with van der Waals surface area (Å²) in [5, 5.41) is 13.0. The molecule has 0 bridgehead atoms. The summed E-state index contributed by atoms with van der Waals surface area (Å²) >= 11 is 4.74. The van der Waals surface area contributed by atoms with Gasteiger partial charge in [-0.2, -0.15) is 5.10 Å². The summed E-state index contributed by atoms with van der Waals surface area (Å²) < 4.78 is 13.3. The van der Waals surface area contributed by atoms with E-state index in [0.717, 1.165) is 21.4 Å². The average molecular weight is 490 g/mol. The van der Waals surface area contributed by atoms with Gasteiger partial charge >= 0.3 is 0 Å². The largest absolute Gasteiger partial charge is 0.493 e. The van der Waals surface area contributed by atoms with Crippen molar-refractivity contribution in [2.24, 2.45) is 12.1 Å². The smallest absolute Gasteiger partial charge is 0.250 e. The summed E-state index contributed by atoms with van der Waals surface area (Å²) in [6, 6.07) is 13.2. The maximum absolute atomic E-state index is 12.1. The Morgan fingerprint density at radius 3 is 2.73 bits per heavy atom. The Morgan fingerprint density at radius 1 is 1.20 bits per heavy atom. The first kappa shape index (κ1) is 21.8. The standard InChI is InChI=1S/C20H20BrN5O3S/c1-26-19(14-5-4-6-15(21)10-14)24-25-20(26)30-12-18(27)23-22-11-13-7-8-16(28-2)17(9-13)29-3/h4-11H,12H2,1-3H3,(H,23,27). The fourth-order valence-electron chi connectivity index (χ4n) is 2.59. The van der Waals surface area contributed by atoms with E-state index in [2.05, 4.69) is 36.7 Å². The number of hydrogen-bond acceptors (Lipinski definition) is 7. The maximum atomic E-state index is 12.1. The van der Waals surface area contributed by atoms with Gasteiger partial charge in [0, 0.05) is 17.1 Å². The molecule has 0 fully saturated rings.